The molecular weight excluding hydrogens is 313 g/mol. The van der Waals surface area contributed by atoms with E-state index in [0.29, 0.717) is 12.8 Å². The van der Waals surface area contributed by atoms with E-state index in [1.54, 1.807) is 0 Å². The normalized spacial score (nSPS) is 9.94. The molecule has 0 aliphatic carbocycles. The van der Waals surface area contributed by atoms with E-state index in [1.807, 2.05) is 0 Å². The second-order valence-corrected chi connectivity index (χ2v) is 8.16. The Bertz CT molecular complexity index is 224. The molecule has 0 bridgehead atoms. The van der Waals surface area contributed by atoms with Gasteiger partial charge in [0, 0.05) is 0 Å². The number of carbonyl (C=O) groups is 2. The van der Waals surface area contributed by atoms with Gasteiger partial charge in [-0.15, -0.1) is 0 Å². The number of carbonyl (C=O) groups excluding carboxylic acids is 2. The van der Waals surface area contributed by atoms with Gasteiger partial charge in [0.25, 0.3) is 0 Å². The summed E-state index contributed by atoms with van der Waals surface area (Å²) < 4.78 is 9.89. The summed E-state index contributed by atoms with van der Waals surface area (Å²) in [5.74, 6) is -0.686. The minimum atomic E-state index is -3.12. The molecule has 0 fully saturated rings. The molecule has 0 N–H and O–H groups in total. The van der Waals surface area contributed by atoms with Gasteiger partial charge in [0.1, 0.15) is 0 Å². The Labute approximate surface area is 119 Å². The van der Waals surface area contributed by atoms with Crippen LogP contribution in [0.3, 0.4) is 0 Å². The van der Waals surface area contributed by atoms with E-state index in [4.69, 9.17) is 16.7 Å². The molecule has 0 amide bonds. The third-order valence-corrected chi connectivity index (χ3v) is 5.22. The summed E-state index contributed by atoms with van der Waals surface area (Å²) in [6.07, 6.45) is 6.39. The molecule has 0 aliphatic heterocycles. The summed E-state index contributed by atoms with van der Waals surface area (Å²) in [6, 6.07) is 0. The zero-order chi connectivity index (χ0) is 13.8. The van der Waals surface area contributed by atoms with Gasteiger partial charge in [-0.05, 0) is 0 Å². The maximum absolute atomic E-state index is 11.3. The number of hydrogen-bond donors (Lipinski definition) is 0. The topological polar surface area (TPSA) is 52.6 Å². The molecule has 0 unspecified atom stereocenters. The fourth-order valence-corrected chi connectivity index (χ4v) is 3.88. The van der Waals surface area contributed by atoms with Gasteiger partial charge in [0.2, 0.25) is 0 Å². The minimum absolute atomic E-state index is 0.343. The van der Waals surface area contributed by atoms with Gasteiger partial charge in [-0.3, -0.25) is 0 Å². The molecule has 0 rings (SSSR count). The van der Waals surface area contributed by atoms with Crippen molar-refractivity contribution in [3.05, 3.63) is 0 Å². The van der Waals surface area contributed by atoms with Gasteiger partial charge in [0.05, 0.1) is 0 Å². The van der Waals surface area contributed by atoms with Crippen LogP contribution in [-0.4, -0.2) is 27.9 Å². The van der Waals surface area contributed by atoms with Crippen molar-refractivity contribution in [2.24, 2.45) is 0 Å². The molecule has 0 spiro atoms. The molecule has 0 aromatic rings. The Balaban J connectivity index is 3.64. The molecule has 0 heterocycles. The van der Waals surface area contributed by atoms with Crippen molar-refractivity contribution in [1.82, 2.24) is 0 Å². The molecule has 104 valence electrons. The second kappa shape index (κ2) is 11.9. The Kier molecular flexibility index (Phi) is 11.8. The van der Waals surface area contributed by atoms with Gasteiger partial charge >= 0.3 is 119 Å². The van der Waals surface area contributed by atoms with Crippen molar-refractivity contribution in [3.63, 3.8) is 0 Å². The van der Waals surface area contributed by atoms with Gasteiger partial charge in [-0.25, -0.2) is 0 Å². The third kappa shape index (κ3) is 11.0. The summed E-state index contributed by atoms with van der Waals surface area (Å²) in [6.45, 7) is 4.12. The Hall–Kier alpha value is -0.134. The van der Waals surface area contributed by atoms with Gasteiger partial charge < -0.3 is 0 Å². The third-order valence-electron chi connectivity index (χ3n) is 2.42. The second-order valence-electron chi connectivity index (χ2n) is 4.17. The molecule has 0 aromatic heterocycles. The molecule has 0 aromatic carbocycles. The standard InChI is InChI=1S/2C6H12O2.ClH.Ga/c2*1-2-3-4-5-6(7)8;;/h2*2-5H2,1H3,(H,7,8);1H;/q;;;+3/p-3. The molecule has 0 saturated heterocycles. The first-order valence-corrected chi connectivity index (χ1v) is 11.8. The zero-order valence-corrected chi connectivity index (χ0v) is 14.4. The summed E-state index contributed by atoms with van der Waals surface area (Å²) in [5, 5.41) is 0. The predicted octanol–water partition coefficient (Wildman–Crippen LogP) is 3.46. The van der Waals surface area contributed by atoms with Crippen LogP contribution in [0.2, 0.25) is 0 Å². The number of hydrogen-bond acceptors (Lipinski definition) is 4. The maximum atomic E-state index is 11.3. The summed E-state index contributed by atoms with van der Waals surface area (Å²) >= 11 is -3.12. The number of unbranched alkanes of at least 4 members (excludes halogenated alkanes) is 4. The van der Waals surface area contributed by atoms with Crippen LogP contribution in [0.5, 0.6) is 0 Å². The van der Waals surface area contributed by atoms with Crippen LogP contribution in [-0.2, 0) is 16.6 Å². The quantitative estimate of drug-likeness (QED) is 0.453. The number of rotatable bonds is 10. The van der Waals surface area contributed by atoms with E-state index in [-0.39, 0.29) is 11.9 Å². The van der Waals surface area contributed by atoms with Crippen molar-refractivity contribution in [1.29, 1.82) is 0 Å². The van der Waals surface area contributed by atoms with Crippen LogP contribution in [0, 0.1) is 0 Å². The summed E-state index contributed by atoms with van der Waals surface area (Å²) in [4.78, 5) is 22.6. The SMILES string of the molecule is CCCCCC(=O)[O][Ga]([Cl])[O]C(=O)CCCCC. The Morgan fingerprint density at radius 2 is 1.28 bits per heavy atom. The number of halogens is 1. The molecule has 0 saturated carbocycles. The van der Waals surface area contributed by atoms with Crippen LogP contribution >= 0.6 is 9.64 Å². The molecule has 4 nitrogen and oxygen atoms in total. The van der Waals surface area contributed by atoms with Crippen molar-refractivity contribution >= 4 is 37.5 Å². The van der Waals surface area contributed by atoms with Gasteiger partial charge in [0.15, 0.2) is 0 Å². The van der Waals surface area contributed by atoms with Crippen LogP contribution in [0.1, 0.15) is 65.2 Å². The van der Waals surface area contributed by atoms with Crippen LogP contribution in [0.15, 0.2) is 0 Å². The monoisotopic (exact) mass is 334 g/mol. The van der Waals surface area contributed by atoms with E-state index in [9.17, 15) is 9.59 Å². The average molecular weight is 335 g/mol. The van der Waals surface area contributed by atoms with Gasteiger partial charge in [-0.2, -0.15) is 0 Å². The van der Waals surface area contributed by atoms with E-state index in [0.717, 1.165) is 38.5 Å². The fraction of sp³-hybridized carbons (Fsp3) is 0.833. The Morgan fingerprint density at radius 3 is 1.61 bits per heavy atom. The molecule has 0 radical (unpaired) electrons. The summed E-state index contributed by atoms with van der Waals surface area (Å²) in [5.41, 5.74) is 0. The van der Waals surface area contributed by atoms with E-state index < -0.39 is 15.9 Å². The van der Waals surface area contributed by atoms with Gasteiger partial charge in [-0.1, -0.05) is 0 Å². The van der Waals surface area contributed by atoms with Crippen molar-refractivity contribution < 1.29 is 16.6 Å². The van der Waals surface area contributed by atoms with E-state index in [2.05, 4.69) is 13.8 Å². The molecule has 18 heavy (non-hydrogen) atoms. The van der Waals surface area contributed by atoms with Crippen molar-refractivity contribution in [2.45, 2.75) is 65.2 Å². The Morgan fingerprint density at radius 1 is 0.889 bits per heavy atom. The van der Waals surface area contributed by atoms with Crippen LogP contribution in [0.4, 0.5) is 0 Å². The molecule has 0 atom stereocenters. The van der Waals surface area contributed by atoms with E-state index >= 15 is 0 Å². The summed E-state index contributed by atoms with van der Waals surface area (Å²) in [7, 11) is 5.80. The van der Waals surface area contributed by atoms with Crippen LogP contribution < -0.4 is 0 Å². The fourth-order valence-electron chi connectivity index (χ4n) is 1.39. The predicted molar refractivity (Wildman–Crippen MR) is 72.1 cm³/mol. The molecular formula is C12H22ClGaO4. The first kappa shape index (κ1) is 17.9. The van der Waals surface area contributed by atoms with Crippen molar-refractivity contribution in [2.75, 3.05) is 0 Å². The first-order valence-electron chi connectivity index (χ1n) is 6.63. The van der Waals surface area contributed by atoms with Crippen molar-refractivity contribution in [3.8, 4) is 0 Å². The average Bonchev–Trinajstić information content (AvgIpc) is 2.29. The van der Waals surface area contributed by atoms with Crippen LogP contribution in [0.25, 0.3) is 0 Å². The molecule has 6 heteroatoms. The van der Waals surface area contributed by atoms with E-state index in [1.165, 1.54) is 0 Å². The first-order chi connectivity index (χ1) is 8.60. The molecule has 0 aliphatic rings. The zero-order valence-electron chi connectivity index (χ0n) is 11.2.